The minimum atomic E-state index is -3.27. The largest absolute Gasteiger partial charge is 0.355 e. The lowest BCUT2D eigenvalue weighted by Crippen LogP contribution is -2.29. The highest BCUT2D eigenvalue weighted by atomic mass is 32.2. The van der Waals surface area contributed by atoms with Gasteiger partial charge in [-0.2, -0.15) is 0 Å². The van der Waals surface area contributed by atoms with Gasteiger partial charge >= 0.3 is 0 Å². The molecule has 0 atom stereocenters. The molecule has 0 aliphatic rings. The van der Waals surface area contributed by atoms with Crippen LogP contribution in [0, 0.1) is 5.82 Å². The number of aromatic amines is 1. The molecule has 0 aliphatic carbocycles. The molecule has 0 saturated heterocycles. The molecule has 1 heterocycles. The van der Waals surface area contributed by atoms with Crippen molar-refractivity contribution in [3.8, 4) is 0 Å². The van der Waals surface area contributed by atoms with Crippen molar-refractivity contribution < 1.29 is 12.8 Å². The molecule has 3 N–H and O–H groups in total. The number of hydrogen-bond donors (Lipinski definition) is 3. The summed E-state index contributed by atoms with van der Waals surface area (Å²) in [6.07, 6.45) is 0. The molecule has 0 aliphatic heterocycles. The van der Waals surface area contributed by atoms with Gasteiger partial charge in [0, 0.05) is 30.2 Å². The molecule has 0 radical (unpaired) electrons. The number of fused-ring (bicyclic) bond motifs is 1. The Morgan fingerprint density at radius 2 is 2.10 bits per heavy atom. The van der Waals surface area contributed by atoms with Crippen molar-refractivity contribution in [2.45, 2.75) is 6.54 Å². The van der Waals surface area contributed by atoms with Gasteiger partial charge in [0.15, 0.2) is 5.43 Å². The molecule has 6 nitrogen and oxygen atoms in total. The Hall–Kier alpha value is -1.77. The topological polar surface area (TPSA) is 91.1 Å². The highest BCUT2D eigenvalue weighted by Gasteiger charge is 2.08. The molecule has 1 aromatic heterocycles. The quantitative estimate of drug-likeness (QED) is 0.669. The van der Waals surface area contributed by atoms with Gasteiger partial charge in [-0.25, -0.2) is 17.5 Å². The Morgan fingerprint density at radius 1 is 1.33 bits per heavy atom. The van der Waals surface area contributed by atoms with Crippen LogP contribution in [0.3, 0.4) is 0 Å². The SMILES string of the molecule is CNS(=O)(=O)CCNCc1cc(=O)c2cccc(F)c2[nH]1. The van der Waals surface area contributed by atoms with Gasteiger partial charge in [0.05, 0.1) is 11.3 Å². The number of nitrogens with one attached hydrogen (secondary N) is 3. The van der Waals surface area contributed by atoms with Gasteiger partial charge in [0.25, 0.3) is 0 Å². The number of sulfonamides is 1. The first kappa shape index (κ1) is 15.6. The summed E-state index contributed by atoms with van der Waals surface area (Å²) < 4.78 is 38.3. The number of aromatic nitrogens is 1. The Kier molecular flexibility index (Phi) is 4.71. The number of H-pyrrole nitrogens is 1. The van der Waals surface area contributed by atoms with Gasteiger partial charge in [-0.05, 0) is 19.2 Å². The predicted octanol–water partition coefficient (Wildman–Crippen LogP) is 0.306. The van der Waals surface area contributed by atoms with Crippen molar-refractivity contribution in [1.82, 2.24) is 15.0 Å². The summed E-state index contributed by atoms with van der Waals surface area (Å²) in [5.41, 5.74) is 0.381. The van der Waals surface area contributed by atoms with Crippen molar-refractivity contribution in [3.63, 3.8) is 0 Å². The van der Waals surface area contributed by atoms with Crippen molar-refractivity contribution >= 4 is 20.9 Å². The van der Waals surface area contributed by atoms with Crippen LogP contribution in [0.2, 0.25) is 0 Å². The molecule has 0 unspecified atom stereocenters. The minimum absolute atomic E-state index is 0.0737. The molecule has 114 valence electrons. The van der Waals surface area contributed by atoms with Crippen LogP contribution in [0.15, 0.2) is 29.1 Å². The fourth-order valence-electron chi connectivity index (χ4n) is 1.92. The second kappa shape index (κ2) is 6.33. The zero-order valence-electron chi connectivity index (χ0n) is 11.4. The van der Waals surface area contributed by atoms with Crippen molar-refractivity contribution in [2.24, 2.45) is 0 Å². The second-order valence-corrected chi connectivity index (χ2v) is 6.57. The van der Waals surface area contributed by atoms with Gasteiger partial charge < -0.3 is 10.3 Å². The molecule has 8 heteroatoms. The average Bonchev–Trinajstić information content (AvgIpc) is 2.45. The van der Waals surface area contributed by atoms with E-state index in [1.807, 2.05) is 0 Å². The van der Waals surface area contributed by atoms with Crippen molar-refractivity contribution in [2.75, 3.05) is 19.3 Å². The van der Waals surface area contributed by atoms with E-state index in [0.717, 1.165) is 0 Å². The van der Waals surface area contributed by atoms with Gasteiger partial charge in [-0.1, -0.05) is 6.07 Å². The molecule has 0 fully saturated rings. The third kappa shape index (κ3) is 3.87. The summed E-state index contributed by atoms with van der Waals surface area (Å²) in [6, 6.07) is 5.68. The van der Waals surface area contributed by atoms with E-state index >= 15 is 0 Å². The number of pyridine rings is 1. The molecule has 0 bridgehead atoms. The van der Waals surface area contributed by atoms with Crippen LogP contribution >= 0.6 is 0 Å². The molecule has 1 aromatic carbocycles. The summed E-state index contributed by atoms with van der Waals surface area (Å²) in [7, 11) is -1.92. The highest BCUT2D eigenvalue weighted by Crippen LogP contribution is 2.12. The highest BCUT2D eigenvalue weighted by molar-refractivity contribution is 7.89. The lowest BCUT2D eigenvalue weighted by atomic mass is 10.2. The van der Waals surface area contributed by atoms with Gasteiger partial charge in [0.1, 0.15) is 5.82 Å². The fraction of sp³-hybridized carbons (Fsp3) is 0.308. The lowest BCUT2D eigenvalue weighted by Gasteiger charge is -2.07. The van der Waals surface area contributed by atoms with Crippen LogP contribution in [0.5, 0.6) is 0 Å². The first-order chi connectivity index (χ1) is 9.93. The van der Waals surface area contributed by atoms with Gasteiger partial charge in [-0.3, -0.25) is 4.79 Å². The minimum Gasteiger partial charge on any atom is -0.355 e. The summed E-state index contributed by atoms with van der Waals surface area (Å²) in [5.74, 6) is -0.570. The molecule has 21 heavy (non-hydrogen) atoms. The van der Waals surface area contributed by atoms with E-state index in [2.05, 4.69) is 15.0 Å². The van der Waals surface area contributed by atoms with Crippen LogP contribution in [0.1, 0.15) is 5.69 Å². The third-order valence-electron chi connectivity index (χ3n) is 3.04. The zero-order chi connectivity index (χ0) is 15.5. The Labute approximate surface area is 121 Å². The molecular formula is C13H16FN3O3S. The number of para-hydroxylation sites is 1. The average molecular weight is 313 g/mol. The normalized spacial score (nSPS) is 11.9. The Bertz CT molecular complexity index is 802. The van der Waals surface area contributed by atoms with E-state index in [1.54, 1.807) is 6.07 Å². The number of rotatable bonds is 6. The first-order valence-corrected chi connectivity index (χ1v) is 8.00. The summed E-state index contributed by atoms with van der Waals surface area (Å²) >= 11 is 0. The number of benzene rings is 1. The number of halogens is 1. The van der Waals surface area contributed by atoms with Crippen molar-refractivity contribution in [3.05, 3.63) is 46.0 Å². The van der Waals surface area contributed by atoms with Crippen LogP contribution in [-0.4, -0.2) is 32.7 Å². The maximum absolute atomic E-state index is 13.7. The van der Waals surface area contributed by atoms with E-state index in [9.17, 15) is 17.6 Å². The third-order valence-corrected chi connectivity index (χ3v) is 4.41. The maximum Gasteiger partial charge on any atom is 0.212 e. The van der Waals surface area contributed by atoms with Gasteiger partial charge in [-0.15, -0.1) is 0 Å². The fourth-order valence-corrected chi connectivity index (χ4v) is 2.53. The van der Waals surface area contributed by atoms with E-state index in [-0.39, 0.29) is 35.2 Å². The van der Waals surface area contributed by atoms with Gasteiger partial charge in [0.2, 0.25) is 10.0 Å². The van der Waals surface area contributed by atoms with E-state index in [4.69, 9.17) is 0 Å². The zero-order valence-corrected chi connectivity index (χ0v) is 12.3. The molecule has 0 spiro atoms. The van der Waals surface area contributed by atoms with Crippen LogP contribution in [0.25, 0.3) is 10.9 Å². The lowest BCUT2D eigenvalue weighted by molar-refractivity contribution is 0.582. The standard InChI is InChI=1S/C13H16FN3O3S/c1-15-21(19,20)6-5-16-8-9-7-12(18)10-3-2-4-11(14)13(10)17-9/h2-4,7,15-16H,5-6,8H2,1H3,(H,17,18). The summed E-state index contributed by atoms with van der Waals surface area (Å²) in [4.78, 5) is 14.7. The van der Waals surface area contributed by atoms with E-state index < -0.39 is 15.8 Å². The van der Waals surface area contributed by atoms with Crippen molar-refractivity contribution in [1.29, 1.82) is 0 Å². The summed E-state index contributed by atoms with van der Waals surface area (Å²) in [6.45, 7) is 0.471. The molecule has 2 rings (SSSR count). The van der Waals surface area contributed by atoms with Crippen LogP contribution in [-0.2, 0) is 16.6 Å². The molecular weight excluding hydrogens is 297 g/mol. The second-order valence-electron chi connectivity index (χ2n) is 4.52. The Balaban J connectivity index is 2.10. The smallest absolute Gasteiger partial charge is 0.212 e. The molecule has 2 aromatic rings. The molecule has 0 saturated carbocycles. The monoisotopic (exact) mass is 313 g/mol. The molecule has 0 amide bonds. The van der Waals surface area contributed by atoms with Crippen LogP contribution < -0.4 is 15.5 Å². The Morgan fingerprint density at radius 3 is 2.81 bits per heavy atom. The predicted molar refractivity (Wildman–Crippen MR) is 79.1 cm³/mol. The summed E-state index contributed by atoms with van der Waals surface area (Å²) in [5, 5.41) is 3.18. The van der Waals surface area contributed by atoms with Crippen LogP contribution in [0.4, 0.5) is 4.39 Å². The first-order valence-electron chi connectivity index (χ1n) is 6.35. The maximum atomic E-state index is 13.7. The van der Waals surface area contributed by atoms with E-state index in [1.165, 1.54) is 25.2 Å². The van der Waals surface area contributed by atoms with E-state index in [0.29, 0.717) is 5.69 Å². The number of hydrogen-bond acceptors (Lipinski definition) is 4.